The van der Waals surface area contributed by atoms with E-state index in [0.29, 0.717) is 0 Å². The molecule has 94 valence electrons. The maximum atomic E-state index is 13.0. The molecule has 0 N–H and O–H groups in total. The fourth-order valence-corrected chi connectivity index (χ4v) is 2.77. The van der Waals surface area contributed by atoms with Crippen LogP contribution in [0.5, 0.6) is 0 Å². The van der Waals surface area contributed by atoms with Crippen molar-refractivity contribution >= 4 is 15.7 Å². The first-order valence-corrected chi connectivity index (χ1v) is 6.52. The second-order valence-electron chi connectivity index (χ2n) is 3.88. The maximum absolute atomic E-state index is 13.0. The number of carbonyl (C=O) groups is 1. The quantitative estimate of drug-likeness (QED) is 0.816. The molecule has 1 amide bonds. The fraction of sp³-hybridized carbons (Fsp3) is 0.364. The molecule has 0 saturated heterocycles. The van der Waals surface area contributed by atoms with E-state index >= 15 is 0 Å². The van der Waals surface area contributed by atoms with Crippen LogP contribution in [-0.2, 0) is 14.6 Å². The second kappa shape index (κ2) is 4.83. The van der Waals surface area contributed by atoms with Gasteiger partial charge in [0.1, 0.15) is 11.1 Å². The highest BCUT2D eigenvalue weighted by atomic mass is 32.2. The van der Waals surface area contributed by atoms with E-state index in [9.17, 15) is 17.6 Å². The molecular weight excluding hydrogens is 245 g/mol. The fourth-order valence-electron chi connectivity index (χ4n) is 1.34. The van der Waals surface area contributed by atoms with Crippen LogP contribution in [0.4, 0.5) is 4.39 Å². The highest BCUT2D eigenvalue weighted by Crippen LogP contribution is 2.17. The number of benzene rings is 1. The van der Waals surface area contributed by atoms with Crippen molar-refractivity contribution in [1.29, 1.82) is 0 Å². The topological polar surface area (TPSA) is 54.5 Å². The van der Waals surface area contributed by atoms with Gasteiger partial charge in [-0.3, -0.25) is 4.79 Å². The number of hydrogen-bond donors (Lipinski definition) is 0. The first-order valence-electron chi connectivity index (χ1n) is 4.97. The summed E-state index contributed by atoms with van der Waals surface area (Å²) in [7, 11) is -0.893. The third-order valence-corrected chi connectivity index (χ3v) is 4.42. The van der Waals surface area contributed by atoms with Crippen LogP contribution >= 0.6 is 0 Å². The Morgan fingerprint density at radius 3 is 2.41 bits per heavy atom. The summed E-state index contributed by atoms with van der Waals surface area (Å²) < 4.78 is 37.0. The van der Waals surface area contributed by atoms with Crippen LogP contribution in [0.1, 0.15) is 6.92 Å². The maximum Gasteiger partial charge on any atom is 0.240 e. The first-order chi connectivity index (χ1) is 7.76. The number of hydrogen-bond acceptors (Lipinski definition) is 3. The molecule has 0 heterocycles. The van der Waals surface area contributed by atoms with Crippen molar-refractivity contribution < 1.29 is 17.6 Å². The van der Waals surface area contributed by atoms with Gasteiger partial charge in [0.15, 0.2) is 9.84 Å². The molecule has 17 heavy (non-hydrogen) atoms. The van der Waals surface area contributed by atoms with E-state index in [2.05, 4.69) is 0 Å². The lowest BCUT2D eigenvalue weighted by Gasteiger charge is -2.17. The molecule has 0 aliphatic carbocycles. The summed E-state index contributed by atoms with van der Waals surface area (Å²) >= 11 is 0. The van der Waals surface area contributed by atoms with Crippen molar-refractivity contribution in [2.24, 2.45) is 0 Å². The SMILES string of the molecule is CC(C(=O)N(C)C)S(=O)(=O)c1cccc(F)c1. The van der Waals surface area contributed by atoms with Gasteiger partial charge in [0.2, 0.25) is 5.91 Å². The normalized spacial score (nSPS) is 13.2. The van der Waals surface area contributed by atoms with Crippen LogP contribution in [-0.4, -0.2) is 38.6 Å². The Labute approximate surface area is 100.0 Å². The molecule has 0 aliphatic rings. The molecule has 1 rings (SSSR count). The van der Waals surface area contributed by atoms with E-state index in [4.69, 9.17) is 0 Å². The predicted molar refractivity (Wildman–Crippen MR) is 61.7 cm³/mol. The number of carbonyl (C=O) groups excluding carboxylic acids is 1. The molecule has 0 fully saturated rings. The van der Waals surface area contributed by atoms with Crippen LogP contribution in [0.15, 0.2) is 29.2 Å². The second-order valence-corrected chi connectivity index (χ2v) is 6.15. The average Bonchev–Trinajstić information content (AvgIpc) is 2.26. The van der Waals surface area contributed by atoms with Gasteiger partial charge in [-0.25, -0.2) is 12.8 Å². The number of rotatable bonds is 3. The minimum absolute atomic E-state index is 0.180. The lowest BCUT2D eigenvalue weighted by Crippen LogP contribution is -2.37. The zero-order valence-electron chi connectivity index (χ0n) is 9.84. The number of halogens is 1. The molecule has 0 bridgehead atoms. The largest absolute Gasteiger partial charge is 0.348 e. The van der Waals surface area contributed by atoms with Crippen LogP contribution in [0, 0.1) is 5.82 Å². The molecular formula is C11H14FNO3S. The highest BCUT2D eigenvalue weighted by Gasteiger charge is 2.30. The summed E-state index contributed by atoms with van der Waals surface area (Å²) in [4.78, 5) is 12.6. The molecule has 1 aromatic rings. The monoisotopic (exact) mass is 259 g/mol. The third kappa shape index (κ3) is 2.82. The molecule has 1 unspecified atom stereocenters. The summed E-state index contributed by atoms with van der Waals surface area (Å²) in [5.74, 6) is -1.18. The van der Waals surface area contributed by atoms with E-state index in [1.807, 2.05) is 0 Å². The first kappa shape index (κ1) is 13.6. The van der Waals surface area contributed by atoms with Crippen molar-refractivity contribution in [2.75, 3.05) is 14.1 Å². The van der Waals surface area contributed by atoms with Crippen molar-refractivity contribution in [3.8, 4) is 0 Å². The third-order valence-electron chi connectivity index (χ3n) is 2.38. The van der Waals surface area contributed by atoms with Gasteiger partial charge in [-0.1, -0.05) is 6.07 Å². The van der Waals surface area contributed by atoms with Crippen molar-refractivity contribution in [3.05, 3.63) is 30.1 Å². The number of nitrogens with zero attached hydrogens (tertiary/aromatic N) is 1. The Bertz CT molecular complexity index is 525. The summed E-state index contributed by atoms with van der Waals surface area (Å²) in [6.45, 7) is 1.29. The van der Waals surface area contributed by atoms with E-state index < -0.39 is 26.8 Å². The van der Waals surface area contributed by atoms with Gasteiger partial charge >= 0.3 is 0 Å². The summed E-state index contributed by atoms with van der Waals surface area (Å²) in [5, 5.41) is -1.22. The van der Waals surface area contributed by atoms with Gasteiger partial charge in [0, 0.05) is 14.1 Å². The average molecular weight is 259 g/mol. The Balaban J connectivity index is 3.16. The van der Waals surface area contributed by atoms with Crippen molar-refractivity contribution in [3.63, 3.8) is 0 Å². The number of amides is 1. The molecule has 6 heteroatoms. The van der Waals surface area contributed by atoms with Crippen LogP contribution in [0.25, 0.3) is 0 Å². The molecule has 0 radical (unpaired) electrons. The van der Waals surface area contributed by atoms with Gasteiger partial charge in [-0.2, -0.15) is 0 Å². The van der Waals surface area contributed by atoms with Gasteiger partial charge < -0.3 is 4.90 Å². The zero-order valence-corrected chi connectivity index (χ0v) is 10.7. The van der Waals surface area contributed by atoms with Crippen LogP contribution < -0.4 is 0 Å². The van der Waals surface area contributed by atoms with Crippen molar-refractivity contribution in [1.82, 2.24) is 4.90 Å². The molecule has 1 aromatic carbocycles. The molecule has 1 atom stereocenters. The van der Waals surface area contributed by atoms with E-state index in [0.717, 1.165) is 12.1 Å². The Kier molecular flexibility index (Phi) is 3.87. The van der Waals surface area contributed by atoms with Gasteiger partial charge in [-0.05, 0) is 25.1 Å². The van der Waals surface area contributed by atoms with Crippen LogP contribution in [0.3, 0.4) is 0 Å². The smallest absolute Gasteiger partial charge is 0.240 e. The summed E-state index contributed by atoms with van der Waals surface area (Å²) in [5.41, 5.74) is 0. The van der Waals surface area contributed by atoms with E-state index in [-0.39, 0.29) is 4.90 Å². The van der Waals surface area contributed by atoms with Gasteiger partial charge in [-0.15, -0.1) is 0 Å². The molecule has 0 aliphatic heterocycles. The van der Waals surface area contributed by atoms with Crippen LogP contribution in [0.2, 0.25) is 0 Å². The predicted octanol–water partition coefficient (Wildman–Crippen LogP) is 1.08. The van der Waals surface area contributed by atoms with Crippen molar-refractivity contribution in [2.45, 2.75) is 17.1 Å². The Hall–Kier alpha value is -1.43. The minimum atomic E-state index is -3.84. The standard InChI is InChI=1S/C11H14FNO3S/c1-8(11(14)13(2)3)17(15,16)10-6-4-5-9(12)7-10/h4-8H,1-3H3. The lowest BCUT2D eigenvalue weighted by molar-refractivity contribution is -0.127. The molecule has 4 nitrogen and oxygen atoms in total. The lowest BCUT2D eigenvalue weighted by atomic mass is 10.3. The van der Waals surface area contributed by atoms with Gasteiger partial charge in [0.05, 0.1) is 4.90 Å². The number of sulfone groups is 1. The van der Waals surface area contributed by atoms with E-state index in [1.54, 1.807) is 0 Å². The zero-order chi connectivity index (χ0) is 13.2. The molecule has 0 saturated carbocycles. The summed E-state index contributed by atoms with van der Waals surface area (Å²) in [6, 6.07) is 4.64. The Morgan fingerprint density at radius 2 is 1.94 bits per heavy atom. The van der Waals surface area contributed by atoms with E-state index in [1.165, 1.54) is 38.1 Å². The molecule has 0 spiro atoms. The Morgan fingerprint density at radius 1 is 1.35 bits per heavy atom. The summed E-state index contributed by atoms with van der Waals surface area (Å²) in [6.07, 6.45) is 0. The molecule has 0 aromatic heterocycles. The minimum Gasteiger partial charge on any atom is -0.348 e. The highest BCUT2D eigenvalue weighted by molar-refractivity contribution is 7.92. The van der Waals surface area contributed by atoms with Gasteiger partial charge in [0.25, 0.3) is 0 Å².